The summed E-state index contributed by atoms with van der Waals surface area (Å²) in [5.74, 6) is -0.689. The first kappa shape index (κ1) is 18.3. The Morgan fingerprint density at radius 1 is 1.25 bits per heavy atom. The summed E-state index contributed by atoms with van der Waals surface area (Å²) in [5, 5.41) is 11.9. The number of para-hydroxylation sites is 1. The highest BCUT2D eigenvalue weighted by Crippen LogP contribution is 2.23. The number of carbonyl (C=O) groups excluding carboxylic acids is 2. The lowest BCUT2D eigenvalue weighted by Gasteiger charge is -2.38. The van der Waals surface area contributed by atoms with Gasteiger partial charge in [0.25, 0.3) is 5.91 Å². The van der Waals surface area contributed by atoms with Crippen molar-refractivity contribution in [2.24, 2.45) is 0 Å². The molecule has 0 aromatic heterocycles. The Bertz CT molecular complexity index is 566. The molecule has 6 nitrogen and oxygen atoms in total. The highest BCUT2D eigenvalue weighted by Gasteiger charge is 2.29. The molecule has 1 aliphatic rings. The lowest BCUT2D eigenvalue weighted by Crippen LogP contribution is -2.49. The van der Waals surface area contributed by atoms with E-state index in [0.29, 0.717) is 17.8 Å². The minimum Gasteiger partial charge on any atom is -0.452 e. The number of nitrogens with zero attached hydrogens (tertiary/aromatic N) is 1. The summed E-state index contributed by atoms with van der Waals surface area (Å²) >= 11 is 0. The molecule has 0 saturated carbocycles. The first-order valence-corrected chi connectivity index (χ1v) is 8.46. The van der Waals surface area contributed by atoms with Crippen molar-refractivity contribution in [1.82, 2.24) is 4.90 Å². The predicted octanol–water partition coefficient (Wildman–Crippen LogP) is 2.04. The number of anilines is 1. The quantitative estimate of drug-likeness (QED) is 0.778. The molecule has 1 saturated heterocycles. The van der Waals surface area contributed by atoms with Gasteiger partial charge in [-0.2, -0.15) is 0 Å². The van der Waals surface area contributed by atoms with Gasteiger partial charge in [0.05, 0.1) is 12.2 Å². The molecule has 1 amide bonds. The van der Waals surface area contributed by atoms with E-state index in [1.54, 1.807) is 24.3 Å². The number of amides is 1. The molecule has 2 N–H and O–H groups in total. The van der Waals surface area contributed by atoms with E-state index in [9.17, 15) is 9.59 Å². The van der Waals surface area contributed by atoms with Crippen LogP contribution >= 0.6 is 0 Å². The van der Waals surface area contributed by atoms with Crippen LogP contribution in [0.5, 0.6) is 0 Å². The van der Waals surface area contributed by atoms with E-state index >= 15 is 0 Å². The Labute approximate surface area is 142 Å². The molecule has 1 heterocycles. The average Bonchev–Trinajstić information content (AvgIpc) is 2.58. The van der Waals surface area contributed by atoms with Crippen molar-refractivity contribution < 1.29 is 19.4 Å². The summed E-state index contributed by atoms with van der Waals surface area (Å²) in [7, 11) is 0. The fraction of sp³-hybridized carbons (Fsp3) is 0.556. The Hall–Kier alpha value is -2.08. The van der Waals surface area contributed by atoms with Crippen molar-refractivity contribution in [3.05, 3.63) is 29.8 Å². The first-order valence-electron chi connectivity index (χ1n) is 8.46. The van der Waals surface area contributed by atoms with Crippen molar-refractivity contribution in [2.75, 3.05) is 25.1 Å². The summed E-state index contributed by atoms with van der Waals surface area (Å²) in [4.78, 5) is 26.5. The lowest BCUT2D eigenvalue weighted by molar-refractivity contribution is -0.140. The topological polar surface area (TPSA) is 78.9 Å². The van der Waals surface area contributed by atoms with Gasteiger partial charge in [-0.3, -0.25) is 4.79 Å². The van der Waals surface area contributed by atoms with Gasteiger partial charge in [-0.1, -0.05) is 12.1 Å². The second-order valence-electron chi connectivity index (χ2n) is 6.20. The van der Waals surface area contributed by atoms with E-state index in [4.69, 9.17) is 9.84 Å². The molecule has 0 radical (unpaired) electrons. The molecule has 0 aliphatic carbocycles. The van der Waals surface area contributed by atoms with Gasteiger partial charge in [0, 0.05) is 24.3 Å². The molecule has 1 aromatic carbocycles. The Balaban J connectivity index is 1.96. The average molecular weight is 334 g/mol. The van der Waals surface area contributed by atoms with Crippen LogP contribution in [0, 0.1) is 0 Å². The van der Waals surface area contributed by atoms with Gasteiger partial charge in [0.2, 0.25) is 0 Å². The van der Waals surface area contributed by atoms with E-state index in [2.05, 4.69) is 5.32 Å². The first-order chi connectivity index (χ1) is 11.5. The van der Waals surface area contributed by atoms with Crippen molar-refractivity contribution in [2.45, 2.75) is 45.2 Å². The lowest BCUT2D eigenvalue weighted by atomic mass is 9.97. The molecule has 0 spiro atoms. The molecule has 1 aliphatic heterocycles. The highest BCUT2D eigenvalue weighted by atomic mass is 16.5. The minimum absolute atomic E-state index is 0.0351. The number of hydrogen-bond donors (Lipinski definition) is 2. The fourth-order valence-electron chi connectivity index (χ4n) is 3.20. The predicted molar refractivity (Wildman–Crippen MR) is 91.9 cm³/mol. The summed E-state index contributed by atoms with van der Waals surface area (Å²) in [6.07, 6.45) is 3.09. The van der Waals surface area contributed by atoms with Gasteiger partial charge in [-0.05, 0) is 45.2 Å². The summed E-state index contributed by atoms with van der Waals surface area (Å²) in [6.45, 7) is 4.12. The van der Waals surface area contributed by atoms with Crippen LogP contribution in [0.1, 0.15) is 43.5 Å². The number of esters is 1. The molecule has 1 fully saturated rings. The summed E-state index contributed by atoms with van der Waals surface area (Å²) in [5.41, 5.74) is 0.946. The second kappa shape index (κ2) is 8.68. The zero-order valence-corrected chi connectivity index (χ0v) is 14.3. The van der Waals surface area contributed by atoms with Crippen LogP contribution in [-0.2, 0) is 9.53 Å². The largest absolute Gasteiger partial charge is 0.452 e. The number of benzene rings is 1. The van der Waals surface area contributed by atoms with E-state index in [0.717, 1.165) is 19.3 Å². The third-order valence-electron chi connectivity index (χ3n) is 4.38. The number of aliphatic hydroxyl groups is 1. The summed E-state index contributed by atoms with van der Waals surface area (Å²) < 4.78 is 5.23. The van der Waals surface area contributed by atoms with E-state index in [1.807, 2.05) is 18.7 Å². The molecule has 2 atom stereocenters. The van der Waals surface area contributed by atoms with Crippen molar-refractivity contribution in [3.63, 3.8) is 0 Å². The number of nitrogens with one attached hydrogen (secondary N) is 1. The number of hydrogen-bond acceptors (Lipinski definition) is 5. The third-order valence-corrected chi connectivity index (χ3v) is 4.38. The standard InChI is InChI=1S/C18H26N2O4/c1-13-6-5-7-14(2)20(13)17(22)12-24-18(23)15-8-3-4-9-16(15)19-10-11-21/h3-4,8-9,13-14,19,21H,5-7,10-12H2,1-2H3/t13-,14-/m0/s1. The molecular formula is C18H26N2O4. The smallest absolute Gasteiger partial charge is 0.340 e. The highest BCUT2D eigenvalue weighted by molar-refractivity contribution is 5.96. The van der Waals surface area contributed by atoms with Crippen LogP contribution in [0.25, 0.3) is 0 Å². The second-order valence-corrected chi connectivity index (χ2v) is 6.20. The molecule has 2 rings (SSSR count). The molecular weight excluding hydrogens is 308 g/mol. The number of aliphatic hydroxyl groups excluding tert-OH is 1. The van der Waals surface area contributed by atoms with Crippen molar-refractivity contribution in [1.29, 1.82) is 0 Å². The van der Waals surface area contributed by atoms with Gasteiger partial charge in [-0.25, -0.2) is 4.79 Å². The SMILES string of the molecule is C[C@H]1CCC[C@H](C)N1C(=O)COC(=O)c1ccccc1NCCO. The normalized spacial score (nSPS) is 20.5. The Kier molecular flexibility index (Phi) is 6.61. The van der Waals surface area contributed by atoms with Gasteiger partial charge in [0.1, 0.15) is 0 Å². The van der Waals surface area contributed by atoms with Crippen LogP contribution in [0.15, 0.2) is 24.3 Å². The maximum atomic E-state index is 12.4. The molecule has 132 valence electrons. The van der Waals surface area contributed by atoms with Gasteiger partial charge < -0.3 is 20.1 Å². The zero-order valence-electron chi connectivity index (χ0n) is 14.3. The van der Waals surface area contributed by atoms with Crippen LogP contribution in [0.4, 0.5) is 5.69 Å². The van der Waals surface area contributed by atoms with Crippen molar-refractivity contribution >= 4 is 17.6 Å². The zero-order chi connectivity index (χ0) is 17.5. The summed E-state index contributed by atoms with van der Waals surface area (Å²) in [6, 6.07) is 7.26. The van der Waals surface area contributed by atoms with E-state index in [-0.39, 0.29) is 31.2 Å². The van der Waals surface area contributed by atoms with Crippen LogP contribution in [-0.4, -0.2) is 53.7 Å². The maximum Gasteiger partial charge on any atom is 0.340 e. The number of likely N-dealkylation sites (tertiary alicyclic amines) is 1. The molecule has 6 heteroatoms. The van der Waals surface area contributed by atoms with Crippen LogP contribution in [0.3, 0.4) is 0 Å². The van der Waals surface area contributed by atoms with Gasteiger partial charge >= 0.3 is 5.97 Å². The number of rotatable bonds is 6. The van der Waals surface area contributed by atoms with Crippen LogP contribution in [0.2, 0.25) is 0 Å². The van der Waals surface area contributed by atoms with E-state index < -0.39 is 5.97 Å². The van der Waals surface area contributed by atoms with Crippen molar-refractivity contribution in [3.8, 4) is 0 Å². The molecule has 1 aromatic rings. The number of carbonyl (C=O) groups is 2. The van der Waals surface area contributed by atoms with Gasteiger partial charge in [0.15, 0.2) is 6.61 Å². The monoisotopic (exact) mass is 334 g/mol. The maximum absolute atomic E-state index is 12.4. The van der Waals surface area contributed by atoms with E-state index in [1.165, 1.54) is 0 Å². The molecule has 0 bridgehead atoms. The molecule has 24 heavy (non-hydrogen) atoms. The number of ether oxygens (including phenoxy) is 1. The third kappa shape index (κ3) is 4.47. The number of piperidine rings is 1. The Morgan fingerprint density at radius 3 is 2.58 bits per heavy atom. The van der Waals surface area contributed by atoms with Crippen LogP contribution < -0.4 is 5.32 Å². The Morgan fingerprint density at radius 2 is 1.92 bits per heavy atom. The minimum atomic E-state index is -0.540. The van der Waals surface area contributed by atoms with Gasteiger partial charge in [-0.15, -0.1) is 0 Å². The molecule has 0 unspecified atom stereocenters. The fourth-order valence-corrected chi connectivity index (χ4v) is 3.20.